The number of piperidine rings is 1. The first-order valence-electron chi connectivity index (χ1n) is 6.24. The van der Waals surface area contributed by atoms with Crippen molar-refractivity contribution in [3.05, 3.63) is 0 Å². The lowest BCUT2D eigenvalue weighted by atomic mass is 10.1. The molecule has 0 aromatic carbocycles. The van der Waals surface area contributed by atoms with Crippen LogP contribution in [0.1, 0.15) is 19.8 Å². The van der Waals surface area contributed by atoms with Crippen LogP contribution < -0.4 is 4.72 Å². The average Bonchev–Trinajstić information content (AvgIpc) is 2.32. The lowest BCUT2D eigenvalue weighted by Crippen LogP contribution is -2.45. The maximum absolute atomic E-state index is 11.7. The molecule has 1 saturated heterocycles. The Labute approximate surface area is 109 Å². The van der Waals surface area contributed by atoms with Gasteiger partial charge in [0, 0.05) is 25.7 Å². The summed E-state index contributed by atoms with van der Waals surface area (Å²) in [5, 5.41) is 8.57. The third-order valence-electron chi connectivity index (χ3n) is 2.93. The van der Waals surface area contributed by atoms with Gasteiger partial charge >= 0.3 is 0 Å². The van der Waals surface area contributed by atoms with Crippen molar-refractivity contribution in [2.45, 2.75) is 25.8 Å². The second-order valence-corrected chi connectivity index (χ2v) is 6.22. The molecule has 6 nitrogen and oxygen atoms in total. The minimum absolute atomic E-state index is 0.00781. The molecular formula is C11H21N3O3S. The number of ether oxygens (including phenoxy) is 1. The third kappa shape index (κ3) is 5.78. The molecule has 1 aliphatic rings. The summed E-state index contributed by atoms with van der Waals surface area (Å²) in [5.41, 5.74) is 0. The Kier molecular flexibility index (Phi) is 6.57. The first kappa shape index (κ1) is 15.4. The summed E-state index contributed by atoms with van der Waals surface area (Å²) in [6, 6.07) is 2.10. The van der Waals surface area contributed by atoms with Crippen LogP contribution in [0.3, 0.4) is 0 Å². The van der Waals surface area contributed by atoms with Crippen LogP contribution in [0.2, 0.25) is 0 Å². The molecule has 0 unspecified atom stereocenters. The summed E-state index contributed by atoms with van der Waals surface area (Å²) >= 11 is 0. The van der Waals surface area contributed by atoms with Gasteiger partial charge in [0.1, 0.15) is 0 Å². The molecule has 0 spiro atoms. The number of likely N-dealkylation sites (tertiary alicyclic amines) is 1. The Morgan fingerprint density at radius 3 is 2.67 bits per heavy atom. The van der Waals surface area contributed by atoms with Crippen LogP contribution in [0, 0.1) is 11.3 Å². The van der Waals surface area contributed by atoms with Gasteiger partial charge in [-0.2, -0.15) is 5.26 Å². The highest BCUT2D eigenvalue weighted by Gasteiger charge is 2.23. The van der Waals surface area contributed by atoms with Crippen LogP contribution in [0.15, 0.2) is 0 Å². The molecule has 0 aliphatic carbocycles. The van der Waals surface area contributed by atoms with Crippen molar-refractivity contribution in [2.24, 2.45) is 0 Å². The number of rotatable bonds is 7. The largest absolute Gasteiger partial charge is 0.381 e. The van der Waals surface area contributed by atoms with Crippen LogP contribution in [0.5, 0.6) is 0 Å². The maximum Gasteiger partial charge on any atom is 0.214 e. The lowest BCUT2D eigenvalue weighted by Gasteiger charge is -2.30. The number of nitrogens with zero attached hydrogens (tertiary/aromatic N) is 2. The summed E-state index contributed by atoms with van der Waals surface area (Å²) in [7, 11) is -3.24. The van der Waals surface area contributed by atoms with E-state index in [-0.39, 0.29) is 18.4 Å². The molecule has 104 valence electrons. The third-order valence-corrected chi connectivity index (χ3v) is 4.33. The Balaban J connectivity index is 2.29. The van der Waals surface area contributed by atoms with Gasteiger partial charge in [0.05, 0.1) is 25.0 Å². The van der Waals surface area contributed by atoms with Crippen molar-refractivity contribution in [2.75, 3.05) is 38.6 Å². The van der Waals surface area contributed by atoms with E-state index in [2.05, 4.69) is 10.8 Å². The second kappa shape index (κ2) is 7.69. The second-order valence-electron chi connectivity index (χ2n) is 4.34. The molecule has 1 aliphatic heterocycles. The van der Waals surface area contributed by atoms with E-state index in [9.17, 15) is 8.42 Å². The van der Waals surface area contributed by atoms with Crippen LogP contribution in [-0.4, -0.2) is 58.0 Å². The smallest absolute Gasteiger partial charge is 0.214 e. The van der Waals surface area contributed by atoms with Gasteiger partial charge in [0.2, 0.25) is 10.0 Å². The van der Waals surface area contributed by atoms with Gasteiger partial charge in [-0.15, -0.1) is 0 Å². The van der Waals surface area contributed by atoms with Gasteiger partial charge in [-0.05, 0) is 19.8 Å². The molecule has 0 atom stereocenters. The van der Waals surface area contributed by atoms with Crippen LogP contribution in [-0.2, 0) is 14.8 Å². The van der Waals surface area contributed by atoms with Crippen molar-refractivity contribution in [1.82, 2.24) is 9.62 Å². The first-order valence-corrected chi connectivity index (χ1v) is 7.89. The number of nitrogens with one attached hydrogen (secondary N) is 1. The van der Waals surface area contributed by atoms with Gasteiger partial charge in [-0.25, -0.2) is 13.1 Å². The van der Waals surface area contributed by atoms with Gasteiger partial charge in [-0.3, -0.25) is 4.90 Å². The zero-order valence-corrected chi connectivity index (χ0v) is 11.6. The SMILES string of the molecule is CCOCCS(=O)(=O)NC1CCN(CC#N)CC1. The highest BCUT2D eigenvalue weighted by atomic mass is 32.2. The monoisotopic (exact) mass is 275 g/mol. The molecule has 18 heavy (non-hydrogen) atoms. The van der Waals surface area contributed by atoms with E-state index in [1.807, 2.05) is 11.8 Å². The molecule has 1 rings (SSSR count). The minimum atomic E-state index is -3.24. The predicted octanol–water partition coefficient (Wildman–Crippen LogP) is -0.0697. The Hall–Kier alpha value is -0.680. The van der Waals surface area contributed by atoms with E-state index in [1.165, 1.54) is 0 Å². The lowest BCUT2D eigenvalue weighted by molar-refractivity contribution is 0.163. The van der Waals surface area contributed by atoms with E-state index in [0.717, 1.165) is 25.9 Å². The zero-order valence-electron chi connectivity index (χ0n) is 10.8. The summed E-state index contributed by atoms with van der Waals surface area (Å²) in [6.45, 7) is 4.56. The predicted molar refractivity (Wildman–Crippen MR) is 68.5 cm³/mol. The molecule has 1 fully saturated rings. The highest BCUT2D eigenvalue weighted by Crippen LogP contribution is 2.10. The quantitative estimate of drug-likeness (QED) is 0.519. The highest BCUT2D eigenvalue weighted by molar-refractivity contribution is 7.89. The van der Waals surface area contributed by atoms with E-state index in [4.69, 9.17) is 10.00 Å². The summed E-state index contributed by atoms with van der Waals surface area (Å²) in [5.74, 6) is 0.0131. The molecule has 1 N–H and O–H groups in total. The molecular weight excluding hydrogens is 254 g/mol. The fraction of sp³-hybridized carbons (Fsp3) is 0.909. The fourth-order valence-electron chi connectivity index (χ4n) is 1.93. The molecule has 7 heteroatoms. The van der Waals surface area contributed by atoms with Gasteiger partial charge in [0.25, 0.3) is 0 Å². The van der Waals surface area contributed by atoms with Gasteiger partial charge < -0.3 is 4.74 Å². The minimum Gasteiger partial charge on any atom is -0.381 e. The average molecular weight is 275 g/mol. The fourth-order valence-corrected chi connectivity index (χ4v) is 3.13. The molecule has 0 radical (unpaired) electrons. The summed E-state index contributed by atoms with van der Waals surface area (Å²) < 4.78 is 31.2. The van der Waals surface area contributed by atoms with Gasteiger partial charge in [0.15, 0.2) is 0 Å². The topological polar surface area (TPSA) is 82.4 Å². The summed E-state index contributed by atoms with van der Waals surface area (Å²) in [6.07, 6.45) is 1.52. The normalized spacial score (nSPS) is 18.7. The van der Waals surface area contributed by atoms with Crippen LogP contribution in [0.4, 0.5) is 0 Å². The van der Waals surface area contributed by atoms with E-state index in [0.29, 0.717) is 13.2 Å². The van der Waals surface area contributed by atoms with Crippen molar-refractivity contribution in [3.8, 4) is 6.07 Å². The van der Waals surface area contributed by atoms with E-state index >= 15 is 0 Å². The Bertz CT molecular complexity index is 369. The van der Waals surface area contributed by atoms with Crippen molar-refractivity contribution in [1.29, 1.82) is 5.26 Å². The van der Waals surface area contributed by atoms with Crippen molar-refractivity contribution in [3.63, 3.8) is 0 Å². The number of sulfonamides is 1. The summed E-state index contributed by atoms with van der Waals surface area (Å²) in [4.78, 5) is 2.03. The molecule has 1 heterocycles. The Morgan fingerprint density at radius 2 is 2.11 bits per heavy atom. The zero-order chi connectivity index (χ0) is 13.4. The molecule has 0 amide bonds. The van der Waals surface area contributed by atoms with Crippen LogP contribution in [0.25, 0.3) is 0 Å². The maximum atomic E-state index is 11.7. The molecule has 0 aromatic heterocycles. The Morgan fingerprint density at radius 1 is 1.44 bits per heavy atom. The number of hydrogen-bond donors (Lipinski definition) is 1. The van der Waals surface area contributed by atoms with Crippen molar-refractivity contribution >= 4 is 10.0 Å². The van der Waals surface area contributed by atoms with E-state index < -0.39 is 10.0 Å². The standard InChI is InChI=1S/C11H21N3O3S/c1-2-17-9-10-18(15,16)13-11-3-6-14(7-4-11)8-5-12/h11,13H,2-4,6-10H2,1H3. The molecule has 0 saturated carbocycles. The first-order chi connectivity index (χ1) is 8.57. The number of nitriles is 1. The number of hydrogen-bond acceptors (Lipinski definition) is 5. The molecule has 0 aromatic rings. The molecule has 0 bridgehead atoms. The van der Waals surface area contributed by atoms with Crippen LogP contribution >= 0.6 is 0 Å². The van der Waals surface area contributed by atoms with Gasteiger partial charge in [-0.1, -0.05) is 0 Å². The van der Waals surface area contributed by atoms with Crippen molar-refractivity contribution < 1.29 is 13.2 Å². The van der Waals surface area contributed by atoms with E-state index in [1.54, 1.807) is 0 Å².